The molecule has 30 heavy (non-hydrogen) atoms. The predicted octanol–water partition coefficient (Wildman–Crippen LogP) is 8.86. The molecule has 1 nitrogen and oxygen atoms in total. The van der Waals surface area contributed by atoms with E-state index in [2.05, 4.69) is 62.6 Å². The van der Waals surface area contributed by atoms with Gasteiger partial charge in [0.15, 0.2) is 0 Å². The van der Waals surface area contributed by atoms with E-state index in [1.54, 1.807) is 0 Å². The van der Waals surface area contributed by atoms with Crippen LogP contribution >= 0.6 is 0 Å². The lowest BCUT2D eigenvalue weighted by atomic mass is 10.0. The molecular weight excluding hydrogens is 362 g/mol. The van der Waals surface area contributed by atoms with E-state index in [-0.39, 0.29) is 0 Å². The molecule has 1 heteroatoms. The number of quaternary nitrogens is 1. The first-order valence-electron chi connectivity index (χ1n) is 12.9. The van der Waals surface area contributed by atoms with Gasteiger partial charge in [-0.15, -0.1) is 0 Å². The van der Waals surface area contributed by atoms with Crippen LogP contribution in [-0.2, 0) is 6.54 Å². The van der Waals surface area contributed by atoms with Gasteiger partial charge in [-0.3, -0.25) is 0 Å². The van der Waals surface area contributed by atoms with Gasteiger partial charge >= 0.3 is 0 Å². The molecule has 0 saturated carbocycles. The van der Waals surface area contributed by atoms with E-state index in [4.69, 9.17) is 0 Å². The SMILES string of the molecule is C=CC[N+](CC=C)(CCCCCCCCCCCCCCCC)Cc1ccccc1. The summed E-state index contributed by atoms with van der Waals surface area (Å²) in [5.74, 6) is 0. The average Bonchev–Trinajstić information content (AvgIpc) is 2.75. The van der Waals surface area contributed by atoms with Gasteiger partial charge in [-0.2, -0.15) is 0 Å². The van der Waals surface area contributed by atoms with Gasteiger partial charge in [0, 0.05) is 5.56 Å². The first-order chi connectivity index (χ1) is 14.8. The van der Waals surface area contributed by atoms with Crippen molar-refractivity contribution in [3.05, 3.63) is 61.2 Å². The lowest BCUT2D eigenvalue weighted by Crippen LogP contribution is -2.48. The van der Waals surface area contributed by atoms with Crippen LogP contribution < -0.4 is 0 Å². The van der Waals surface area contributed by atoms with Crippen molar-refractivity contribution in [3.63, 3.8) is 0 Å². The van der Waals surface area contributed by atoms with Crippen molar-refractivity contribution in [2.24, 2.45) is 0 Å². The summed E-state index contributed by atoms with van der Waals surface area (Å²) in [5, 5.41) is 0. The lowest BCUT2D eigenvalue weighted by Gasteiger charge is -2.37. The van der Waals surface area contributed by atoms with E-state index in [1.165, 1.54) is 102 Å². The highest BCUT2D eigenvalue weighted by Crippen LogP contribution is 2.19. The Morgan fingerprint density at radius 3 is 1.50 bits per heavy atom. The maximum atomic E-state index is 4.04. The van der Waals surface area contributed by atoms with Crippen LogP contribution in [0.15, 0.2) is 55.6 Å². The van der Waals surface area contributed by atoms with Crippen LogP contribution in [-0.4, -0.2) is 24.1 Å². The van der Waals surface area contributed by atoms with E-state index in [1.807, 2.05) is 0 Å². The molecule has 0 fully saturated rings. The van der Waals surface area contributed by atoms with E-state index >= 15 is 0 Å². The highest BCUT2D eigenvalue weighted by Gasteiger charge is 2.24. The topological polar surface area (TPSA) is 0 Å². The molecule has 0 N–H and O–H groups in total. The summed E-state index contributed by atoms with van der Waals surface area (Å²) in [6, 6.07) is 10.9. The number of rotatable bonds is 21. The zero-order valence-electron chi connectivity index (χ0n) is 20.1. The third kappa shape index (κ3) is 13.1. The van der Waals surface area contributed by atoms with E-state index < -0.39 is 0 Å². The summed E-state index contributed by atoms with van der Waals surface area (Å²) in [6.45, 7) is 14.7. The molecule has 0 spiro atoms. The second-order valence-electron chi connectivity index (χ2n) is 9.25. The summed E-state index contributed by atoms with van der Waals surface area (Å²) in [5.41, 5.74) is 1.42. The number of benzene rings is 1. The van der Waals surface area contributed by atoms with Crippen LogP contribution in [0.3, 0.4) is 0 Å². The van der Waals surface area contributed by atoms with Crippen molar-refractivity contribution in [1.82, 2.24) is 0 Å². The molecule has 0 aromatic heterocycles. The van der Waals surface area contributed by atoms with Crippen molar-refractivity contribution >= 4 is 0 Å². The van der Waals surface area contributed by atoms with Gasteiger partial charge in [0.2, 0.25) is 0 Å². The fourth-order valence-corrected chi connectivity index (χ4v) is 4.63. The van der Waals surface area contributed by atoms with Crippen LogP contribution in [0.1, 0.15) is 102 Å². The second-order valence-corrected chi connectivity index (χ2v) is 9.25. The number of unbranched alkanes of at least 4 members (excludes halogenated alkanes) is 13. The quantitative estimate of drug-likeness (QED) is 0.107. The molecule has 0 aliphatic heterocycles. The Morgan fingerprint density at radius 1 is 0.633 bits per heavy atom. The zero-order chi connectivity index (χ0) is 21.8. The number of hydrogen-bond acceptors (Lipinski definition) is 0. The predicted molar refractivity (Wildman–Crippen MR) is 136 cm³/mol. The largest absolute Gasteiger partial charge is 0.313 e. The molecule has 0 bridgehead atoms. The molecule has 0 amide bonds. The molecule has 0 unspecified atom stereocenters. The molecule has 1 rings (SSSR count). The average molecular weight is 413 g/mol. The van der Waals surface area contributed by atoms with Gasteiger partial charge in [0.05, 0.1) is 19.6 Å². The Balaban J connectivity index is 2.15. The molecule has 1 aromatic rings. The third-order valence-corrected chi connectivity index (χ3v) is 6.38. The summed E-state index contributed by atoms with van der Waals surface area (Å²) >= 11 is 0. The monoisotopic (exact) mass is 412 g/mol. The molecule has 0 aliphatic carbocycles. The zero-order valence-corrected chi connectivity index (χ0v) is 20.1. The van der Waals surface area contributed by atoms with Crippen molar-refractivity contribution in [2.75, 3.05) is 19.6 Å². The van der Waals surface area contributed by atoms with Crippen LogP contribution in [0.2, 0.25) is 0 Å². The molecule has 0 radical (unpaired) electrons. The maximum absolute atomic E-state index is 4.04. The summed E-state index contributed by atoms with van der Waals surface area (Å²) < 4.78 is 1.06. The first-order valence-corrected chi connectivity index (χ1v) is 12.9. The fourth-order valence-electron chi connectivity index (χ4n) is 4.63. The van der Waals surface area contributed by atoms with Crippen molar-refractivity contribution in [3.8, 4) is 0 Å². The van der Waals surface area contributed by atoms with Gasteiger partial charge in [0.1, 0.15) is 6.54 Å². The van der Waals surface area contributed by atoms with E-state index in [0.29, 0.717) is 0 Å². The molecule has 0 saturated heterocycles. The molecular formula is C29H50N+. The molecule has 0 atom stereocenters. The Hall–Kier alpha value is -1.34. The normalized spacial score (nSPS) is 11.5. The Labute approximate surface area is 188 Å². The smallest absolute Gasteiger partial charge is 0.105 e. The van der Waals surface area contributed by atoms with Gasteiger partial charge in [-0.25, -0.2) is 0 Å². The van der Waals surface area contributed by atoms with Gasteiger partial charge in [-0.1, -0.05) is 127 Å². The van der Waals surface area contributed by atoms with Crippen LogP contribution in [0.25, 0.3) is 0 Å². The van der Waals surface area contributed by atoms with Gasteiger partial charge < -0.3 is 4.48 Å². The number of nitrogens with zero attached hydrogens (tertiary/aromatic N) is 1. The summed E-state index contributed by atoms with van der Waals surface area (Å²) in [6.07, 6.45) is 24.0. The highest BCUT2D eigenvalue weighted by molar-refractivity contribution is 5.13. The minimum absolute atomic E-state index is 1.03. The molecule has 170 valence electrons. The summed E-state index contributed by atoms with van der Waals surface area (Å²) in [4.78, 5) is 0. The minimum Gasteiger partial charge on any atom is -0.313 e. The third-order valence-electron chi connectivity index (χ3n) is 6.38. The maximum Gasteiger partial charge on any atom is 0.105 e. The highest BCUT2D eigenvalue weighted by atomic mass is 15.3. The minimum atomic E-state index is 1.03. The summed E-state index contributed by atoms with van der Waals surface area (Å²) in [7, 11) is 0. The van der Waals surface area contributed by atoms with Crippen molar-refractivity contribution < 1.29 is 4.48 Å². The van der Waals surface area contributed by atoms with Crippen LogP contribution in [0, 0.1) is 0 Å². The van der Waals surface area contributed by atoms with Gasteiger partial charge in [-0.05, 0) is 25.0 Å². The van der Waals surface area contributed by atoms with E-state index in [0.717, 1.165) is 24.1 Å². The molecule has 0 aliphatic rings. The van der Waals surface area contributed by atoms with Crippen molar-refractivity contribution in [2.45, 2.75) is 103 Å². The molecule has 1 aromatic carbocycles. The molecule has 0 heterocycles. The van der Waals surface area contributed by atoms with Crippen LogP contribution in [0.5, 0.6) is 0 Å². The second kappa shape index (κ2) is 18.4. The van der Waals surface area contributed by atoms with Crippen molar-refractivity contribution in [1.29, 1.82) is 0 Å². The lowest BCUT2D eigenvalue weighted by molar-refractivity contribution is -0.930. The van der Waals surface area contributed by atoms with E-state index in [9.17, 15) is 0 Å². The number of hydrogen-bond donors (Lipinski definition) is 0. The Bertz CT molecular complexity index is 508. The Morgan fingerprint density at radius 2 is 1.07 bits per heavy atom. The van der Waals surface area contributed by atoms with Gasteiger partial charge in [0.25, 0.3) is 0 Å². The first kappa shape index (κ1) is 26.7. The standard InChI is InChI=1S/C29H50N/c1-4-7-8-9-10-11-12-13-14-15-16-17-18-22-27-30(25-5-2,26-6-3)28-29-23-20-19-21-24-29/h5-6,19-21,23-24H,2-4,7-18,22,25-28H2,1H3/q+1. The van der Waals surface area contributed by atoms with Crippen LogP contribution in [0.4, 0.5) is 0 Å². The fraction of sp³-hybridized carbons (Fsp3) is 0.655. The Kier molecular flexibility index (Phi) is 16.4.